The van der Waals surface area contributed by atoms with Crippen molar-refractivity contribution in [3.63, 3.8) is 0 Å². The lowest BCUT2D eigenvalue weighted by Crippen LogP contribution is -2.54. The summed E-state index contributed by atoms with van der Waals surface area (Å²) in [5.41, 5.74) is 7.54. The minimum Gasteiger partial charge on any atom is -0.394 e. The van der Waals surface area contributed by atoms with Gasteiger partial charge in [0, 0.05) is 19.1 Å². The van der Waals surface area contributed by atoms with E-state index in [1.165, 1.54) is 0 Å². The van der Waals surface area contributed by atoms with E-state index in [1.54, 1.807) is 0 Å². The number of morpholine rings is 1. The predicted molar refractivity (Wildman–Crippen MR) is 82.3 cm³/mol. The second-order valence-electron chi connectivity index (χ2n) is 6.06. The molecule has 1 fully saturated rings. The van der Waals surface area contributed by atoms with Gasteiger partial charge in [-0.15, -0.1) is 0 Å². The molecule has 0 radical (unpaired) electrons. The van der Waals surface area contributed by atoms with Crippen molar-refractivity contribution in [2.24, 2.45) is 5.73 Å². The molecule has 1 saturated heterocycles. The second kappa shape index (κ2) is 5.90. The van der Waals surface area contributed by atoms with E-state index in [9.17, 15) is 5.11 Å². The van der Waals surface area contributed by atoms with Crippen LogP contribution in [0.5, 0.6) is 0 Å². The summed E-state index contributed by atoms with van der Waals surface area (Å²) >= 11 is 6.39. The van der Waals surface area contributed by atoms with Gasteiger partial charge < -0.3 is 20.5 Å². The van der Waals surface area contributed by atoms with Crippen LogP contribution in [0.1, 0.15) is 32.4 Å². The van der Waals surface area contributed by atoms with Gasteiger partial charge in [-0.2, -0.15) is 0 Å². The fourth-order valence-electron chi connectivity index (χ4n) is 2.64. The van der Waals surface area contributed by atoms with Crippen molar-refractivity contribution in [1.82, 2.24) is 0 Å². The highest BCUT2D eigenvalue weighted by Crippen LogP contribution is 2.32. The fourth-order valence-corrected chi connectivity index (χ4v) is 2.95. The molecule has 1 aliphatic heterocycles. The van der Waals surface area contributed by atoms with Crippen LogP contribution in [0.3, 0.4) is 0 Å². The Morgan fingerprint density at radius 2 is 2.25 bits per heavy atom. The van der Waals surface area contributed by atoms with E-state index in [4.69, 9.17) is 22.1 Å². The first-order chi connectivity index (χ1) is 9.32. The minimum atomic E-state index is -0.311. The molecule has 0 amide bonds. The molecule has 0 saturated carbocycles. The maximum atomic E-state index is 9.37. The van der Waals surface area contributed by atoms with Gasteiger partial charge in [0.2, 0.25) is 0 Å². The van der Waals surface area contributed by atoms with Crippen LogP contribution in [-0.2, 0) is 4.74 Å². The number of hydrogen-bond acceptors (Lipinski definition) is 4. The molecule has 1 aromatic carbocycles. The Morgan fingerprint density at radius 1 is 1.55 bits per heavy atom. The van der Waals surface area contributed by atoms with Crippen LogP contribution >= 0.6 is 11.6 Å². The zero-order valence-corrected chi connectivity index (χ0v) is 13.0. The van der Waals surface area contributed by atoms with Crippen molar-refractivity contribution in [2.75, 3.05) is 24.6 Å². The maximum Gasteiger partial charge on any atom is 0.0988 e. The van der Waals surface area contributed by atoms with Crippen LogP contribution < -0.4 is 10.6 Å². The zero-order valence-electron chi connectivity index (χ0n) is 12.3. The number of halogens is 1. The third-order valence-corrected chi connectivity index (χ3v) is 3.83. The van der Waals surface area contributed by atoms with Crippen LogP contribution in [-0.4, -0.2) is 36.5 Å². The van der Waals surface area contributed by atoms with Gasteiger partial charge in [0.05, 0.1) is 29.0 Å². The average Bonchev–Trinajstić information content (AvgIpc) is 2.36. The maximum absolute atomic E-state index is 9.37. The third-order valence-electron chi connectivity index (χ3n) is 3.52. The molecule has 0 aromatic heterocycles. The predicted octanol–water partition coefficient (Wildman–Crippen LogP) is 2.34. The number of nitrogens with two attached hydrogens (primary N) is 1. The van der Waals surface area contributed by atoms with Crippen molar-refractivity contribution in [2.45, 2.75) is 38.5 Å². The van der Waals surface area contributed by atoms with Gasteiger partial charge in [0.15, 0.2) is 0 Å². The number of rotatable bonds is 3. The minimum absolute atomic E-state index is 0.00939. The molecule has 20 heavy (non-hydrogen) atoms. The summed E-state index contributed by atoms with van der Waals surface area (Å²) in [6.45, 7) is 7.36. The molecule has 1 heterocycles. The Balaban J connectivity index is 2.26. The van der Waals surface area contributed by atoms with E-state index in [0.717, 1.165) is 17.8 Å². The van der Waals surface area contributed by atoms with Crippen LogP contribution in [0.15, 0.2) is 18.2 Å². The van der Waals surface area contributed by atoms with E-state index in [0.29, 0.717) is 11.6 Å². The summed E-state index contributed by atoms with van der Waals surface area (Å²) < 4.78 is 5.82. The lowest BCUT2D eigenvalue weighted by atomic mass is 10.0. The molecule has 2 rings (SSSR count). The molecule has 0 bridgehead atoms. The van der Waals surface area contributed by atoms with E-state index >= 15 is 0 Å². The molecular formula is C15H23ClN2O2. The summed E-state index contributed by atoms with van der Waals surface area (Å²) in [6.07, 6.45) is -0.192. The van der Waals surface area contributed by atoms with Gasteiger partial charge in [-0.3, -0.25) is 0 Å². The monoisotopic (exact) mass is 298 g/mol. The Hall–Kier alpha value is -0.810. The zero-order chi connectivity index (χ0) is 14.9. The first kappa shape index (κ1) is 15.6. The van der Waals surface area contributed by atoms with Crippen LogP contribution in [0, 0.1) is 0 Å². The van der Waals surface area contributed by atoms with Crippen molar-refractivity contribution >= 4 is 17.3 Å². The number of anilines is 1. The Kier molecular flexibility index (Phi) is 4.59. The van der Waals surface area contributed by atoms with Gasteiger partial charge in [0.25, 0.3) is 0 Å². The summed E-state index contributed by atoms with van der Waals surface area (Å²) in [7, 11) is 0. The van der Waals surface area contributed by atoms with Gasteiger partial charge in [-0.25, -0.2) is 0 Å². The number of nitrogens with zero attached hydrogens (tertiary/aromatic N) is 1. The molecular weight excluding hydrogens is 276 g/mol. The largest absolute Gasteiger partial charge is 0.394 e. The first-order valence-electron chi connectivity index (χ1n) is 6.91. The van der Waals surface area contributed by atoms with Crippen LogP contribution in [0.2, 0.25) is 5.02 Å². The molecule has 4 nitrogen and oxygen atoms in total. The second-order valence-corrected chi connectivity index (χ2v) is 6.47. The third kappa shape index (κ3) is 3.44. The standard InChI is InChI=1S/C15H23ClN2O2/c1-10(17)11-4-5-14(13(16)6-11)18-7-12(8-19)20-15(2,3)9-18/h4-6,10,12,19H,7-9,17H2,1-3H3/t10-,12?/m1/s1. The van der Waals surface area contributed by atoms with Crippen molar-refractivity contribution in [3.05, 3.63) is 28.8 Å². The van der Waals surface area contributed by atoms with E-state index < -0.39 is 0 Å². The Morgan fingerprint density at radius 3 is 2.80 bits per heavy atom. The van der Waals surface area contributed by atoms with Crippen LogP contribution in [0.4, 0.5) is 5.69 Å². The summed E-state index contributed by atoms with van der Waals surface area (Å²) in [5, 5.41) is 10.1. The van der Waals surface area contributed by atoms with Gasteiger partial charge in [-0.1, -0.05) is 17.7 Å². The first-order valence-corrected chi connectivity index (χ1v) is 7.29. The number of benzene rings is 1. The molecule has 5 heteroatoms. The number of hydrogen-bond donors (Lipinski definition) is 2. The van der Waals surface area contributed by atoms with Crippen molar-refractivity contribution < 1.29 is 9.84 Å². The smallest absolute Gasteiger partial charge is 0.0988 e. The van der Waals surface area contributed by atoms with Crippen LogP contribution in [0.25, 0.3) is 0 Å². The van der Waals surface area contributed by atoms with Gasteiger partial charge in [-0.05, 0) is 38.5 Å². The van der Waals surface area contributed by atoms with Crippen molar-refractivity contribution in [3.8, 4) is 0 Å². The lowest BCUT2D eigenvalue weighted by molar-refractivity contribution is -0.101. The molecule has 0 spiro atoms. The van der Waals surface area contributed by atoms with Gasteiger partial charge in [0.1, 0.15) is 0 Å². The normalized spacial score (nSPS) is 23.7. The van der Waals surface area contributed by atoms with Crippen molar-refractivity contribution in [1.29, 1.82) is 0 Å². The van der Waals surface area contributed by atoms with E-state index in [2.05, 4.69) is 4.90 Å². The van der Waals surface area contributed by atoms with E-state index in [-0.39, 0.29) is 24.4 Å². The summed E-state index contributed by atoms with van der Waals surface area (Å²) in [6, 6.07) is 5.88. The molecule has 1 unspecified atom stereocenters. The fraction of sp³-hybridized carbons (Fsp3) is 0.600. The molecule has 1 aromatic rings. The number of aliphatic hydroxyl groups is 1. The Bertz CT molecular complexity index is 477. The summed E-state index contributed by atoms with van der Waals surface area (Å²) in [5.74, 6) is 0. The number of ether oxygens (including phenoxy) is 1. The highest BCUT2D eigenvalue weighted by Gasteiger charge is 2.33. The lowest BCUT2D eigenvalue weighted by Gasteiger charge is -2.43. The topological polar surface area (TPSA) is 58.7 Å². The highest BCUT2D eigenvalue weighted by molar-refractivity contribution is 6.33. The highest BCUT2D eigenvalue weighted by atomic mass is 35.5. The number of aliphatic hydroxyl groups excluding tert-OH is 1. The average molecular weight is 299 g/mol. The quantitative estimate of drug-likeness (QED) is 0.899. The van der Waals surface area contributed by atoms with Gasteiger partial charge >= 0.3 is 0 Å². The van der Waals surface area contributed by atoms with E-state index in [1.807, 2.05) is 39.0 Å². The molecule has 1 aliphatic rings. The summed E-state index contributed by atoms with van der Waals surface area (Å²) in [4.78, 5) is 2.16. The Labute approximate surface area is 125 Å². The molecule has 3 N–H and O–H groups in total. The SMILES string of the molecule is C[C@@H](N)c1ccc(N2CC(CO)OC(C)(C)C2)c(Cl)c1. The molecule has 112 valence electrons. The molecule has 0 aliphatic carbocycles. The molecule has 2 atom stereocenters.